The van der Waals surface area contributed by atoms with Gasteiger partial charge in [-0.2, -0.15) is 0 Å². The highest BCUT2D eigenvalue weighted by molar-refractivity contribution is 6.94. The first-order chi connectivity index (χ1) is 31.5. The van der Waals surface area contributed by atoms with Crippen LogP contribution < -0.4 is 15.7 Å². The standard InChI is InChI=1S/C62H53BN2O/c1-59(2,3)34-23-26-36(27-24-34)65-50-33-47-40(37-17-11-14-20-44(37)62(47,9)10)30-43(50)55-56-57-53(54-39-19-13-16-22-52(39)66-58(54)55)42-29-35(60(4,5)6)25-28-49(42)64(57)51-31-41-38-18-12-15-21-45(38)61(7,8)46(41)32-48(51)63(56)65/h11-33H,1-10H3. The van der Waals surface area contributed by atoms with Gasteiger partial charge in [0.1, 0.15) is 11.2 Å². The molecule has 0 unspecified atom stereocenters. The number of aromatic nitrogens is 1. The predicted molar refractivity (Wildman–Crippen MR) is 280 cm³/mol. The molecule has 0 atom stereocenters. The van der Waals surface area contributed by atoms with Gasteiger partial charge in [-0.15, -0.1) is 0 Å². The molecule has 320 valence electrons. The summed E-state index contributed by atoms with van der Waals surface area (Å²) >= 11 is 0. The average molecular weight is 853 g/mol. The van der Waals surface area contributed by atoms with E-state index in [9.17, 15) is 0 Å². The van der Waals surface area contributed by atoms with E-state index in [-0.39, 0.29) is 28.5 Å². The van der Waals surface area contributed by atoms with Crippen molar-refractivity contribution >= 4 is 72.9 Å². The monoisotopic (exact) mass is 852 g/mol. The number of hydrogen-bond donors (Lipinski definition) is 0. The number of furan rings is 1. The maximum Gasteiger partial charge on any atom is 0.333 e. The number of anilines is 2. The highest BCUT2D eigenvalue weighted by atomic mass is 16.3. The molecule has 3 nitrogen and oxygen atoms in total. The third-order valence-corrected chi connectivity index (χ3v) is 16.5. The number of para-hydroxylation sites is 1. The van der Waals surface area contributed by atoms with Crippen LogP contribution >= 0.6 is 0 Å². The Morgan fingerprint density at radius 2 is 1.11 bits per heavy atom. The van der Waals surface area contributed by atoms with E-state index in [4.69, 9.17) is 4.42 Å². The van der Waals surface area contributed by atoms with Crippen LogP contribution in [0, 0.1) is 0 Å². The Bertz CT molecular complexity index is 3840. The van der Waals surface area contributed by atoms with Crippen LogP contribution in [-0.4, -0.2) is 11.4 Å². The van der Waals surface area contributed by atoms with Crippen LogP contribution in [-0.2, 0) is 21.7 Å². The van der Waals surface area contributed by atoms with Crippen LogP contribution in [0.3, 0.4) is 0 Å². The molecule has 4 heteroatoms. The Morgan fingerprint density at radius 3 is 1.79 bits per heavy atom. The second kappa shape index (κ2) is 12.2. The van der Waals surface area contributed by atoms with Crippen molar-refractivity contribution in [2.45, 2.75) is 90.9 Å². The largest absolute Gasteiger partial charge is 0.455 e. The Hall–Kier alpha value is -6.78. The number of hydrogen-bond acceptors (Lipinski definition) is 2. The zero-order valence-corrected chi connectivity index (χ0v) is 39.7. The maximum atomic E-state index is 7.38. The fourth-order valence-electron chi connectivity index (χ4n) is 13.0. The summed E-state index contributed by atoms with van der Waals surface area (Å²) in [7, 11) is 0. The van der Waals surface area contributed by atoms with Crippen molar-refractivity contribution < 1.29 is 4.42 Å². The molecule has 0 saturated heterocycles. The molecule has 14 rings (SSSR count). The lowest BCUT2D eigenvalue weighted by molar-refractivity contribution is 0.590. The molecule has 0 N–H and O–H groups in total. The Morgan fingerprint density at radius 1 is 0.500 bits per heavy atom. The minimum atomic E-state index is -0.181. The van der Waals surface area contributed by atoms with Crippen molar-refractivity contribution in [1.82, 2.24) is 4.57 Å². The molecule has 66 heavy (non-hydrogen) atoms. The smallest absolute Gasteiger partial charge is 0.333 e. The van der Waals surface area contributed by atoms with Gasteiger partial charge in [-0.05, 0) is 126 Å². The van der Waals surface area contributed by atoms with Crippen molar-refractivity contribution in [2.24, 2.45) is 0 Å². The molecule has 4 heterocycles. The van der Waals surface area contributed by atoms with Gasteiger partial charge in [0, 0.05) is 60.6 Å². The van der Waals surface area contributed by atoms with Crippen LogP contribution in [0.4, 0.5) is 11.4 Å². The third kappa shape index (κ3) is 4.65. The summed E-state index contributed by atoms with van der Waals surface area (Å²) in [6, 6.07) is 54.0. The van der Waals surface area contributed by atoms with Crippen LogP contribution in [0.5, 0.6) is 0 Å². The van der Waals surface area contributed by atoms with E-state index >= 15 is 0 Å². The van der Waals surface area contributed by atoms with Gasteiger partial charge < -0.3 is 13.8 Å². The number of benzene rings is 8. The Kier molecular flexibility index (Phi) is 7.09. The lowest BCUT2D eigenvalue weighted by Crippen LogP contribution is -2.60. The van der Waals surface area contributed by atoms with Gasteiger partial charge in [-0.1, -0.05) is 160 Å². The quantitative estimate of drug-likeness (QED) is 0.153. The first-order valence-corrected chi connectivity index (χ1v) is 24.0. The molecule has 4 aliphatic rings. The molecular weight excluding hydrogens is 800 g/mol. The molecule has 0 spiro atoms. The number of rotatable bonds is 1. The Labute approximate surface area is 387 Å². The van der Waals surface area contributed by atoms with Crippen molar-refractivity contribution in [1.29, 1.82) is 0 Å². The first kappa shape index (κ1) is 38.5. The highest BCUT2D eigenvalue weighted by Gasteiger charge is 2.49. The zero-order valence-electron chi connectivity index (χ0n) is 39.7. The maximum absolute atomic E-state index is 7.38. The van der Waals surface area contributed by atoms with Gasteiger partial charge in [0.05, 0.1) is 11.0 Å². The topological polar surface area (TPSA) is 21.3 Å². The second-order valence-electron chi connectivity index (χ2n) is 22.9. The summed E-state index contributed by atoms with van der Waals surface area (Å²) in [4.78, 5) is 2.72. The van der Waals surface area contributed by atoms with E-state index in [1.54, 1.807) is 0 Å². The normalized spacial score (nSPS) is 15.9. The van der Waals surface area contributed by atoms with Crippen LogP contribution in [0.1, 0.15) is 103 Å². The van der Waals surface area contributed by atoms with Gasteiger partial charge in [0.2, 0.25) is 0 Å². The molecule has 2 aliphatic carbocycles. The SMILES string of the molecule is CC(C)(C)c1ccc(N2B3c4cc5c(cc4-n4c6ccc(C(C)(C)C)cc6c6c7c(oc8ccccc87)c(c3c64)-c3cc4c(cc32)C(C)(C)c2ccccc2-4)-c2ccccc2C5(C)C)cc1. The summed E-state index contributed by atoms with van der Waals surface area (Å²) in [5.74, 6) is 0. The summed E-state index contributed by atoms with van der Waals surface area (Å²) < 4.78 is 10.0. The van der Waals surface area contributed by atoms with Gasteiger partial charge in [-0.3, -0.25) is 0 Å². The van der Waals surface area contributed by atoms with Gasteiger partial charge in [0.15, 0.2) is 0 Å². The Balaban J connectivity index is 1.22. The van der Waals surface area contributed by atoms with E-state index in [0.717, 1.165) is 16.6 Å². The summed E-state index contributed by atoms with van der Waals surface area (Å²) in [6.45, 7) is 23.5. The van der Waals surface area contributed by atoms with E-state index in [0.29, 0.717) is 0 Å². The van der Waals surface area contributed by atoms with Gasteiger partial charge in [-0.25, -0.2) is 0 Å². The highest BCUT2D eigenvalue weighted by Crippen LogP contribution is 2.57. The number of nitrogens with zero attached hydrogens (tertiary/aromatic N) is 2. The molecule has 2 aliphatic heterocycles. The molecule has 2 aromatic heterocycles. The van der Waals surface area contributed by atoms with Crippen LogP contribution in [0.25, 0.3) is 82.8 Å². The minimum Gasteiger partial charge on any atom is -0.455 e. The van der Waals surface area contributed by atoms with Crippen LogP contribution in [0.15, 0.2) is 144 Å². The summed E-state index contributed by atoms with van der Waals surface area (Å²) in [5, 5.41) is 4.93. The fraction of sp³-hybridized carbons (Fsp3) is 0.226. The van der Waals surface area contributed by atoms with Crippen molar-refractivity contribution in [3.8, 4) is 39.1 Å². The lowest BCUT2D eigenvalue weighted by Gasteiger charge is -2.43. The average Bonchev–Trinajstić information content (AvgIpc) is 3.98. The molecule has 8 aromatic carbocycles. The van der Waals surface area contributed by atoms with Gasteiger partial charge >= 0.3 is 6.85 Å². The minimum absolute atomic E-state index is 0.0199. The number of fused-ring (bicyclic) bond motifs is 19. The predicted octanol–water partition coefficient (Wildman–Crippen LogP) is 15.1. The molecule has 10 aromatic rings. The molecule has 0 saturated carbocycles. The first-order valence-electron chi connectivity index (χ1n) is 24.0. The summed E-state index contributed by atoms with van der Waals surface area (Å²) in [6.07, 6.45) is 0. The van der Waals surface area contributed by atoms with E-state index in [1.807, 2.05) is 0 Å². The molecule has 0 bridgehead atoms. The third-order valence-electron chi connectivity index (χ3n) is 16.5. The molecule has 0 radical (unpaired) electrons. The molecule has 0 amide bonds. The van der Waals surface area contributed by atoms with Gasteiger partial charge in [0.25, 0.3) is 0 Å². The fourth-order valence-corrected chi connectivity index (χ4v) is 13.0. The second-order valence-corrected chi connectivity index (χ2v) is 22.9. The van der Waals surface area contributed by atoms with Crippen molar-refractivity contribution in [3.63, 3.8) is 0 Å². The summed E-state index contributed by atoms with van der Waals surface area (Å²) in [5.41, 5.74) is 26.3. The van der Waals surface area contributed by atoms with E-state index in [2.05, 4.69) is 218 Å². The lowest BCUT2D eigenvalue weighted by atomic mass is 9.43. The van der Waals surface area contributed by atoms with Crippen molar-refractivity contribution in [3.05, 3.63) is 173 Å². The van der Waals surface area contributed by atoms with E-state index < -0.39 is 0 Å². The van der Waals surface area contributed by atoms with E-state index in [1.165, 1.54) is 122 Å². The van der Waals surface area contributed by atoms with Crippen molar-refractivity contribution in [2.75, 3.05) is 4.81 Å². The molecular formula is C62H53BN2O. The van der Waals surface area contributed by atoms with Crippen LogP contribution in [0.2, 0.25) is 0 Å². The zero-order chi connectivity index (χ0) is 45.1. The molecule has 0 fully saturated rings.